The summed E-state index contributed by atoms with van der Waals surface area (Å²) in [6.07, 6.45) is 1.27. The van der Waals surface area contributed by atoms with E-state index in [1.807, 2.05) is 6.07 Å². The summed E-state index contributed by atoms with van der Waals surface area (Å²) in [5.41, 5.74) is 2.23. The highest BCUT2D eigenvalue weighted by Gasteiger charge is 2.21. The molecule has 0 unspecified atom stereocenters. The summed E-state index contributed by atoms with van der Waals surface area (Å²) in [7, 11) is 1.67. The first kappa shape index (κ1) is 15.5. The summed E-state index contributed by atoms with van der Waals surface area (Å²) in [5, 5.41) is 5.70. The second-order valence-electron chi connectivity index (χ2n) is 6.19. The zero-order valence-corrected chi connectivity index (χ0v) is 12.8. The van der Waals surface area contributed by atoms with Gasteiger partial charge in [0.25, 0.3) is 5.91 Å². The lowest BCUT2D eigenvalue weighted by Gasteiger charge is -2.24. The highest BCUT2D eigenvalue weighted by Crippen LogP contribution is 2.24. The third kappa shape index (κ3) is 4.04. The number of anilines is 1. The van der Waals surface area contributed by atoms with E-state index in [1.54, 1.807) is 19.2 Å². The van der Waals surface area contributed by atoms with Crippen molar-refractivity contribution in [2.45, 2.75) is 26.7 Å². The first-order chi connectivity index (χ1) is 9.91. The molecule has 0 fully saturated rings. The molecule has 1 heterocycles. The van der Waals surface area contributed by atoms with Gasteiger partial charge in [0.15, 0.2) is 0 Å². The first-order valence-corrected chi connectivity index (χ1v) is 7.11. The molecule has 5 nitrogen and oxygen atoms in total. The molecule has 0 radical (unpaired) electrons. The highest BCUT2D eigenvalue weighted by atomic mass is 16.5. The number of fused-ring (bicyclic) bond motifs is 1. The van der Waals surface area contributed by atoms with Crippen molar-refractivity contribution in [1.29, 1.82) is 0 Å². The van der Waals surface area contributed by atoms with Crippen LogP contribution >= 0.6 is 0 Å². The van der Waals surface area contributed by atoms with Crippen LogP contribution in [-0.4, -0.2) is 32.1 Å². The molecular weight excluding hydrogens is 268 g/mol. The molecule has 1 aliphatic heterocycles. The van der Waals surface area contributed by atoms with Gasteiger partial charge in [-0.05, 0) is 29.5 Å². The molecule has 2 amide bonds. The monoisotopic (exact) mass is 290 g/mol. The smallest absolute Gasteiger partial charge is 0.251 e. The fourth-order valence-corrected chi connectivity index (χ4v) is 2.24. The van der Waals surface area contributed by atoms with E-state index in [2.05, 4.69) is 24.5 Å². The Kier molecular flexibility index (Phi) is 4.63. The van der Waals surface area contributed by atoms with Gasteiger partial charge in [0.05, 0.1) is 6.42 Å². The van der Waals surface area contributed by atoms with Gasteiger partial charge in [0.2, 0.25) is 5.91 Å². The number of amides is 2. The van der Waals surface area contributed by atoms with E-state index in [-0.39, 0.29) is 17.2 Å². The van der Waals surface area contributed by atoms with Gasteiger partial charge in [0, 0.05) is 31.5 Å². The minimum atomic E-state index is -0.121. The topological polar surface area (TPSA) is 67.4 Å². The molecule has 0 saturated carbocycles. The van der Waals surface area contributed by atoms with Crippen LogP contribution in [0.4, 0.5) is 5.69 Å². The van der Waals surface area contributed by atoms with Crippen molar-refractivity contribution < 1.29 is 14.3 Å². The number of hydrogen-bond donors (Lipinski definition) is 2. The van der Waals surface area contributed by atoms with E-state index in [0.717, 1.165) is 17.7 Å². The summed E-state index contributed by atoms with van der Waals surface area (Å²) in [5.74, 6) is -0.146. The van der Waals surface area contributed by atoms with Crippen LogP contribution in [-0.2, 0) is 16.0 Å². The average Bonchev–Trinajstić information content (AvgIpc) is 2.81. The molecule has 0 spiro atoms. The third-order valence-corrected chi connectivity index (χ3v) is 3.71. The Morgan fingerprint density at radius 2 is 2.19 bits per heavy atom. The average molecular weight is 290 g/mol. The minimum absolute atomic E-state index is 0.0172. The van der Waals surface area contributed by atoms with Crippen LogP contribution in [0.3, 0.4) is 0 Å². The molecule has 0 bridgehead atoms. The van der Waals surface area contributed by atoms with Gasteiger partial charge in [-0.3, -0.25) is 9.59 Å². The number of ether oxygens (including phenoxy) is 1. The largest absolute Gasteiger partial charge is 0.385 e. The molecule has 0 saturated heterocycles. The molecule has 1 aromatic carbocycles. The maximum absolute atomic E-state index is 12.2. The van der Waals surface area contributed by atoms with Crippen molar-refractivity contribution >= 4 is 17.5 Å². The van der Waals surface area contributed by atoms with E-state index in [9.17, 15) is 9.59 Å². The maximum Gasteiger partial charge on any atom is 0.251 e. The van der Waals surface area contributed by atoms with Crippen LogP contribution in [0.15, 0.2) is 18.2 Å². The Morgan fingerprint density at radius 1 is 1.43 bits per heavy atom. The van der Waals surface area contributed by atoms with E-state index >= 15 is 0 Å². The van der Waals surface area contributed by atoms with E-state index < -0.39 is 0 Å². The highest BCUT2D eigenvalue weighted by molar-refractivity contribution is 6.02. The van der Waals surface area contributed by atoms with Gasteiger partial charge < -0.3 is 15.4 Å². The molecule has 0 atom stereocenters. The number of benzene rings is 1. The predicted molar refractivity (Wildman–Crippen MR) is 81.4 cm³/mol. The van der Waals surface area contributed by atoms with Crippen molar-refractivity contribution in [3.05, 3.63) is 29.3 Å². The molecular formula is C16H22N2O3. The van der Waals surface area contributed by atoms with Crippen LogP contribution in [0.5, 0.6) is 0 Å². The summed E-state index contributed by atoms with van der Waals surface area (Å²) in [4.78, 5) is 23.5. The van der Waals surface area contributed by atoms with Gasteiger partial charge >= 0.3 is 0 Å². The van der Waals surface area contributed by atoms with Crippen molar-refractivity contribution in [1.82, 2.24) is 5.32 Å². The molecule has 0 aliphatic carbocycles. The van der Waals surface area contributed by atoms with Gasteiger partial charge in [-0.1, -0.05) is 19.9 Å². The van der Waals surface area contributed by atoms with E-state index in [1.165, 1.54) is 0 Å². The number of methoxy groups -OCH3 is 1. The standard InChI is InChI=1S/C16H22N2O3/c1-16(2,6-7-21-3)10-17-15(20)12-5-4-11-9-14(19)18-13(11)8-12/h4-5,8H,6-7,9-10H2,1-3H3,(H,17,20)(H,18,19). The Morgan fingerprint density at radius 3 is 2.90 bits per heavy atom. The van der Waals surface area contributed by atoms with Crippen LogP contribution in [0, 0.1) is 5.41 Å². The molecule has 1 aromatic rings. The first-order valence-electron chi connectivity index (χ1n) is 7.11. The quantitative estimate of drug-likeness (QED) is 0.841. The number of carbonyl (C=O) groups is 2. The van der Waals surface area contributed by atoms with Crippen LogP contribution < -0.4 is 10.6 Å². The van der Waals surface area contributed by atoms with Crippen molar-refractivity contribution in [3.8, 4) is 0 Å². The molecule has 0 aromatic heterocycles. The fraction of sp³-hybridized carbons (Fsp3) is 0.500. The molecule has 2 N–H and O–H groups in total. The molecule has 21 heavy (non-hydrogen) atoms. The van der Waals surface area contributed by atoms with Gasteiger partial charge in [-0.25, -0.2) is 0 Å². The summed E-state index contributed by atoms with van der Waals surface area (Å²) >= 11 is 0. The Balaban J connectivity index is 1.95. The molecule has 1 aliphatic rings. The number of rotatable bonds is 6. The fourth-order valence-electron chi connectivity index (χ4n) is 2.24. The van der Waals surface area contributed by atoms with E-state index in [0.29, 0.717) is 25.1 Å². The van der Waals surface area contributed by atoms with Crippen molar-refractivity contribution in [2.24, 2.45) is 5.41 Å². The molecule has 5 heteroatoms. The van der Waals surface area contributed by atoms with E-state index in [4.69, 9.17) is 4.74 Å². The third-order valence-electron chi connectivity index (χ3n) is 3.71. The maximum atomic E-state index is 12.2. The van der Waals surface area contributed by atoms with Gasteiger partial charge in [-0.15, -0.1) is 0 Å². The van der Waals surface area contributed by atoms with Gasteiger partial charge in [-0.2, -0.15) is 0 Å². The predicted octanol–water partition coefficient (Wildman–Crippen LogP) is 1.97. The molecule has 2 rings (SSSR count). The Labute approximate surface area is 125 Å². The Hall–Kier alpha value is -1.88. The Bertz CT molecular complexity index is 552. The number of hydrogen-bond acceptors (Lipinski definition) is 3. The zero-order valence-electron chi connectivity index (χ0n) is 12.8. The SMILES string of the molecule is COCCC(C)(C)CNC(=O)c1ccc2c(c1)NC(=O)C2. The second-order valence-corrected chi connectivity index (χ2v) is 6.19. The van der Waals surface area contributed by atoms with Crippen molar-refractivity contribution in [3.63, 3.8) is 0 Å². The van der Waals surface area contributed by atoms with Crippen LogP contribution in [0.1, 0.15) is 36.2 Å². The molecule has 114 valence electrons. The lowest BCUT2D eigenvalue weighted by atomic mass is 9.89. The number of carbonyl (C=O) groups excluding carboxylic acids is 2. The summed E-state index contributed by atoms with van der Waals surface area (Å²) in [6, 6.07) is 5.33. The minimum Gasteiger partial charge on any atom is -0.385 e. The zero-order chi connectivity index (χ0) is 15.5. The van der Waals surface area contributed by atoms with Crippen LogP contribution in [0.25, 0.3) is 0 Å². The second kappa shape index (κ2) is 6.26. The normalized spacial score (nSPS) is 13.8. The summed E-state index contributed by atoms with van der Waals surface area (Å²) in [6.45, 7) is 5.44. The lowest BCUT2D eigenvalue weighted by Crippen LogP contribution is -2.34. The summed E-state index contributed by atoms with van der Waals surface area (Å²) < 4.78 is 5.08. The van der Waals surface area contributed by atoms with Crippen molar-refractivity contribution in [2.75, 3.05) is 25.6 Å². The lowest BCUT2D eigenvalue weighted by molar-refractivity contribution is -0.115. The number of nitrogens with one attached hydrogen (secondary N) is 2. The van der Waals surface area contributed by atoms with Crippen LogP contribution in [0.2, 0.25) is 0 Å². The van der Waals surface area contributed by atoms with Gasteiger partial charge in [0.1, 0.15) is 0 Å².